The summed E-state index contributed by atoms with van der Waals surface area (Å²) in [7, 11) is 0. The Morgan fingerprint density at radius 1 is 1.07 bits per heavy atom. The summed E-state index contributed by atoms with van der Waals surface area (Å²) in [6, 6.07) is 3.71. The molecule has 1 saturated heterocycles. The van der Waals surface area contributed by atoms with Crippen molar-refractivity contribution in [2.45, 2.75) is 77.6 Å². The second-order valence-corrected chi connectivity index (χ2v) is 8.90. The average Bonchev–Trinajstić information content (AvgIpc) is 2.78. The maximum absolute atomic E-state index is 12.6. The molecule has 0 spiro atoms. The van der Waals surface area contributed by atoms with E-state index >= 15 is 0 Å². The third kappa shape index (κ3) is 6.19. The molecule has 6 heteroatoms. The summed E-state index contributed by atoms with van der Waals surface area (Å²) >= 11 is 0. The molecule has 0 atom stereocenters. The minimum atomic E-state index is -0.408. The summed E-state index contributed by atoms with van der Waals surface area (Å²) < 4.78 is 0. The Labute approximate surface area is 181 Å². The number of piperazine rings is 1. The number of primary amides is 1. The predicted molar refractivity (Wildman–Crippen MR) is 121 cm³/mol. The normalized spacial score (nSPS) is 17.9. The number of pyridine rings is 1. The highest BCUT2D eigenvalue weighted by atomic mass is 16.2. The Morgan fingerprint density at radius 3 is 2.47 bits per heavy atom. The van der Waals surface area contributed by atoms with Gasteiger partial charge in [-0.3, -0.25) is 9.59 Å². The average molecular weight is 415 g/mol. The van der Waals surface area contributed by atoms with Gasteiger partial charge in [-0.05, 0) is 37.3 Å². The highest BCUT2D eigenvalue weighted by Crippen LogP contribution is 2.27. The first-order valence-electron chi connectivity index (χ1n) is 11.9. The van der Waals surface area contributed by atoms with Crippen molar-refractivity contribution in [2.24, 2.45) is 11.7 Å². The molecule has 30 heavy (non-hydrogen) atoms. The van der Waals surface area contributed by atoms with Crippen molar-refractivity contribution in [3.05, 3.63) is 23.4 Å². The number of carbonyl (C=O) groups is 2. The van der Waals surface area contributed by atoms with E-state index in [4.69, 9.17) is 10.7 Å². The fourth-order valence-corrected chi connectivity index (χ4v) is 4.77. The Kier molecular flexibility index (Phi) is 8.52. The number of hydrogen-bond acceptors (Lipinski definition) is 4. The number of anilines is 1. The lowest BCUT2D eigenvalue weighted by Gasteiger charge is -2.36. The van der Waals surface area contributed by atoms with Crippen LogP contribution < -0.4 is 10.6 Å². The Hall–Kier alpha value is -2.11. The number of aromatic nitrogens is 1. The van der Waals surface area contributed by atoms with Crippen molar-refractivity contribution >= 4 is 17.6 Å². The highest BCUT2D eigenvalue weighted by molar-refractivity contribution is 5.94. The topological polar surface area (TPSA) is 79.5 Å². The van der Waals surface area contributed by atoms with Crippen LogP contribution in [0.3, 0.4) is 0 Å². The zero-order valence-corrected chi connectivity index (χ0v) is 18.6. The Morgan fingerprint density at radius 2 is 1.80 bits per heavy atom. The largest absolute Gasteiger partial charge is 0.366 e. The fraction of sp³-hybridized carbons (Fsp3) is 0.708. The van der Waals surface area contributed by atoms with Crippen molar-refractivity contribution in [3.63, 3.8) is 0 Å². The van der Waals surface area contributed by atoms with Crippen molar-refractivity contribution in [1.82, 2.24) is 9.88 Å². The molecule has 0 radical (unpaired) electrons. The number of carbonyl (C=O) groups excluding carboxylic acids is 2. The number of aryl methyl sites for hydroxylation is 1. The molecule has 1 saturated carbocycles. The SMILES string of the molecule is CCCCCc1nc(N2CCN(C(=O)CCC3CCCCC3)CC2)ccc1C(N)=O. The maximum atomic E-state index is 12.6. The molecule has 3 rings (SSSR count). The summed E-state index contributed by atoms with van der Waals surface area (Å²) in [5, 5.41) is 0. The fourth-order valence-electron chi connectivity index (χ4n) is 4.77. The maximum Gasteiger partial charge on any atom is 0.250 e. The highest BCUT2D eigenvalue weighted by Gasteiger charge is 2.24. The molecule has 0 aromatic carbocycles. The van der Waals surface area contributed by atoms with Gasteiger partial charge in [0.2, 0.25) is 5.91 Å². The van der Waals surface area contributed by atoms with E-state index < -0.39 is 5.91 Å². The van der Waals surface area contributed by atoms with E-state index in [1.54, 1.807) is 0 Å². The predicted octanol–water partition coefficient (Wildman–Crippen LogP) is 3.92. The number of hydrogen-bond donors (Lipinski definition) is 1. The number of nitrogens with zero attached hydrogens (tertiary/aromatic N) is 3. The van der Waals surface area contributed by atoms with E-state index in [1.165, 1.54) is 32.1 Å². The van der Waals surface area contributed by atoms with Crippen molar-refractivity contribution in [2.75, 3.05) is 31.1 Å². The van der Waals surface area contributed by atoms with Crippen LogP contribution in [0.25, 0.3) is 0 Å². The first-order chi connectivity index (χ1) is 14.6. The van der Waals surface area contributed by atoms with E-state index in [0.717, 1.165) is 75.7 Å². The lowest BCUT2D eigenvalue weighted by Crippen LogP contribution is -2.49. The van der Waals surface area contributed by atoms with Crippen molar-refractivity contribution in [1.29, 1.82) is 0 Å². The zero-order valence-electron chi connectivity index (χ0n) is 18.6. The van der Waals surface area contributed by atoms with Gasteiger partial charge in [-0.15, -0.1) is 0 Å². The van der Waals surface area contributed by atoms with Crippen LogP contribution in [0, 0.1) is 5.92 Å². The molecule has 0 unspecified atom stereocenters. The van der Waals surface area contributed by atoms with E-state index in [-0.39, 0.29) is 0 Å². The summed E-state index contributed by atoms with van der Waals surface area (Å²) in [4.78, 5) is 33.4. The van der Waals surface area contributed by atoms with Crippen LogP contribution in [0.15, 0.2) is 12.1 Å². The lowest BCUT2D eigenvalue weighted by atomic mass is 9.86. The van der Waals surface area contributed by atoms with Crippen LogP contribution in [-0.2, 0) is 11.2 Å². The summed E-state index contributed by atoms with van der Waals surface area (Å²) in [6.45, 7) is 5.22. The molecular weight excluding hydrogens is 376 g/mol. The first kappa shape index (κ1) is 22.6. The molecule has 1 aliphatic heterocycles. The monoisotopic (exact) mass is 414 g/mol. The van der Waals surface area contributed by atoms with Crippen LogP contribution in [0.4, 0.5) is 5.82 Å². The molecule has 1 aromatic heterocycles. The standard InChI is InChI=1S/C24H38N4O2/c1-2-3-5-10-21-20(24(25)30)12-13-22(26-21)27-15-17-28(18-16-27)23(29)14-11-19-8-6-4-7-9-19/h12-13,19H,2-11,14-18H2,1H3,(H2,25,30). The molecule has 1 aliphatic carbocycles. The lowest BCUT2D eigenvalue weighted by molar-refractivity contribution is -0.131. The van der Waals surface area contributed by atoms with Gasteiger partial charge in [-0.1, -0.05) is 51.9 Å². The van der Waals surface area contributed by atoms with Crippen LogP contribution >= 0.6 is 0 Å². The quantitative estimate of drug-likeness (QED) is 0.621. The number of rotatable bonds is 9. The molecule has 2 aliphatic rings. The molecule has 1 aromatic rings. The second-order valence-electron chi connectivity index (χ2n) is 8.90. The van der Waals surface area contributed by atoms with Crippen LogP contribution in [0.2, 0.25) is 0 Å². The molecule has 2 amide bonds. The van der Waals surface area contributed by atoms with Gasteiger partial charge in [0, 0.05) is 32.6 Å². The van der Waals surface area contributed by atoms with Crippen LogP contribution in [0.5, 0.6) is 0 Å². The molecule has 2 heterocycles. The second kappa shape index (κ2) is 11.3. The van der Waals surface area contributed by atoms with E-state index in [0.29, 0.717) is 17.9 Å². The Bertz CT molecular complexity index is 707. The van der Waals surface area contributed by atoms with Gasteiger partial charge < -0.3 is 15.5 Å². The van der Waals surface area contributed by atoms with Gasteiger partial charge in [-0.25, -0.2) is 4.98 Å². The van der Waals surface area contributed by atoms with Gasteiger partial charge in [0.05, 0.1) is 11.3 Å². The smallest absolute Gasteiger partial charge is 0.250 e. The zero-order chi connectivity index (χ0) is 21.3. The van der Waals surface area contributed by atoms with Gasteiger partial charge in [0.15, 0.2) is 0 Å². The van der Waals surface area contributed by atoms with E-state index in [9.17, 15) is 9.59 Å². The molecule has 166 valence electrons. The van der Waals surface area contributed by atoms with Gasteiger partial charge in [0.25, 0.3) is 5.91 Å². The van der Waals surface area contributed by atoms with Gasteiger partial charge in [0.1, 0.15) is 5.82 Å². The molecule has 2 N–H and O–H groups in total. The molecular formula is C24H38N4O2. The van der Waals surface area contributed by atoms with E-state index in [1.807, 2.05) is 17.0 Å². The third-order valence-electron chi connectivity index (χ3n) is 6.69. The summed E-state index contributed by atoms with van der Waals surface area (Å²) in [6.07, 6.45) is 12.4. The van der Waals surface area contributed by atoms with Crippen LogP contribution in [-0.4, -0.2) is 47.9 Å². The minimum Gasteiger partial charge on any atom is -0.366 e. The van der Waals surface area contributed by atoms with Gasteiger partial charge >= 0.3 is 0 Å². The minimum absolute atomic E-state index is 0.303. The molecule has 2 fully saturated rings. The van der Waals surface area contributed by atoms with Crippen molar-refractivity contribution in [3.8, 4) is 0 Å². The van der Waals surface area contributed by atoms with Crippen LogP contribution in [0.1, 0.15) is 87.2 Å². The molecule has 6 nitrogen and oxygen atoms in total. The van der Waals surface area contributed by atoms with E-state index in [2.05, 4.69) is 11.8 Å². The summed E-state index contributed by atoms with van der Waals surface area (Å²) in [5.74, 6) is 1.54. The summed E-state index contributed by atoms with van der Waals surface area (Å²) in [5.41, 5.74) is 6.88. The van der Waals surface area contributed by atoms with Crippen molar-refractivity contribution < 1.29 is 9.59 Å². The number of unbranched alkanes of at least 4 members (excludes halogenated alkanes) is 2. The Balaban J connectivity index is 1.52. The first-order valence-corrected chi connectivity index (χ1v) is 11.9. The number of nitrogens with two attached hydrogens (primary N) is 1. The third-order valence-corrected chi connectivity index (χ3v) is 6.69. The van der Waals surface area contributed by atoms with Gasteiger partial charge in [-0.2, -0.15) is 0 Å². The molecule has 0 bridgehead atoms. The number of amides is 2.